The molecule has 0 heterocycles. The molecule has 0 saturated carbocycles. The standard InChI is InChI=1S/C14H14O3S.C2H5NO2/c1-12-7-9-14(10-8-12)18(15,16)17-11-13-5-3-2-4-6-13;3-1-2(4)5/h2-10H,11H2,1H3;1,3H2,(H,4,5). The molecule has 2 rings (SSSR count). The molecule has 0 fully saturated rings. The minimum absolute atomic E-state index is 0.0526. The van der Waals surface area contributed by atoms with Gasteiger partial charge in [-0.1, -0.05) is 48.0 Å². The van der Waals surface area contributed by atoms with Gasteiger partial charge in [-0.3, -0.25) is 8.98 Å². The average molecular weight is 337 g/mol. The maximum absolute atomic E-state index is 11.9. The van der Waals surface area contributed by atoms with Crippen LogP contribution in [0.2, 0.25) is 0 Å². The molecule has 0 unspecified atom stereocenters. The van der Waals surface area contributed by atoms with Crippen LogP contribution in [0.1, 0.15) is 11.1 Å². The lowest BCUT2D eigenvalue weighted by atomic mass is 10.2. The first-order valence-electron chi connectivity index (χ1n) is 6.77. The fraction of sp³-hybridized carbons (Fsp3) is 0.188. The third-order valence-corrected chi connectivity index (χ3v) is 3.99. The Morgan fingerprint density at radius 3 is 2.09 bits per heavy atom. The molecule has 0 amide bonds. The minimum atomic E-state index is -3.68. The number of benzene rings is 2. The largest absolute Gasteiger partial charge is 0.480 e. The molecule has 23 heavy (non-hydrogen) atoms. The topological polar surface area (TPSA) is 107 Å². The minimum Gasteiger partial charge on any atom is -0.480 e. The van der Waals surface area contributed by atoms with E-state index in [1.165, 1.54) is 0 Å². The van der Waals surface area contributed by atoms with Crippen LogP contribution in [-0.4, -0.2) is 26.0 Å². The highest BCUT2D eigenvalue weighted by Crippen LogP contribution is 2.15. The van der Waals surface area contributed by atoms with E-state index in [-0.39, 0.29) is 18.0 Å². The lowest BCUT2D eigenvalue weighted by Gasteiger charge is -2.06. The van der Waals surface area contributed by atoms with Crippen molar-refractivity contribution in [2.45, 2.75) is 18.4 Å². The van der Waals surface area contributed by atoms with Crippen molar-refractivity contribution in [2.24, 2.45) is 5.73 Å². The molecule has 2 aromatic carbocycles. The van der Waals surface area contributed by atoms with Gasteiger partial charge in [0.15, 0.2) is 0 Å². The molecular formula is C16H19NO5S. The molecule has 0 aliphatic rings. The maximum Gasteiger partial charge on any atom is 0.317 e. The molecule has 0 saturated heterocycles. The molecule has 0 bridgehead atoms. The smallest absolute Gasteiger partial charge is 0.317 e. The van der Waals surface area contributed by atoms with Crippen LogP contribution in [-0.2, 0) is 25.7 Å². The summed E-state index contributed by atoms with van der Waals surface area (Å²) in [6.45, 7) is 1.68. The highest BCUT2D eigenvalue weighted by Gasteiger charge is 2.14. The Kier molecular flexibility index (Phi) is 7.40. The van der Waals surface area contributed by atoms with Gasteiger partial charge in [0.05, 0.1) is 18.0 Å². The summed E-state index contributed by atoms with van der Waals surface area (Å²) >= 11 is 0. The van der Waals surface area contributed by atoms with E-state index in [0.29, 0.717) is 0 Å². The Morgan fingerprint density at radius 1 is 1.09 bits per heavy atom. The number of carboxylic acids is 1. The normalized spacial score (nSPS) is 10.5. The van der Waals surface area contributed by atoms with Gasteiger partial charge < -0.3 is 10.8 Å². The summed E-state index contributed by atoms with van der Waals surface area (Å²) in [4.78, 5) is 9.43. The molecule has 0 spiro atoms. The Labute approximate surface area is 135 Å². The van der Waals surface area contributed by atoms with Crippen LogP contribution in [0.5, 0.6) is 0 Å². The van der Waals surface area contributed by atoms with Gasteiger partial charge >= 0.3 is 5.97 Å². The molecule has 6 nitrogen and oxygen atoms in total. The van der Waals surface area contributed by atoms with Crippen LogP contribution >= 0.6 is 0 Å². The fourth-order valence-corrected chi connectivity index (χ4v) is 2.39. The molecular weight excluding hydrogens is 318 g/mol. The summed E-state index contributed by atoms with van der Waals surface area (Å²) in [6, 6.07) is 15.8. The van der Waals surface area contributed by atoms with Crippen molar-refractivity contribution in [1.82, 2.24) is 0 Å². The third kappa shape index (κ3) is 7.05. The summed E-state index contributed by atoms with van der Waals surface area (Å²) in [7, 11) is -3.68. The van der Waals surface area contributed by atoms with E-state index in [1.54, 1.807) is 24.3 Å². The second-order valence-corrected chi connectivity index (χ2v) is 6.23. The van der Waals surface area contributed by atoms with Gasteiger partial charge in [-0.15, -0.1) is 0 Å². The summed E-state index contributed by atoms with van der Waals surface area (Å²) < 4.78 is 28.8. The second kappa shape index (κ2) is 9.04. The summed E-state index contributed by atoms with van der Waals surface area (Å²) in [6.07, 6.45) is 0. The predicted molar refractivity (Wildman–Crippen MR) is 86.3 cm³/mol. The van der Waals surface area contributed by atoms with Crippen LogP contribution in [0.15, 0.2) is 59.5 Å². The molecule has 0 aliphatic heterocycles. The van der Waals surface area contributed by atoms with E-state index in [0.717, 1.165) is 11.1 Å². The Balaban J connectivity index is 0.000000463. The molecule has 124 valence electrons. The SMILES string of the molecule is Cc1ccc(S(=O)(=O)OCc2ccccc2)cc1.NCC(=O)O. The zero-order valence-electron chi connectivity index (χ0n) is 12.7. The van der Waals surface area contributed by atoms with Crippen molar-refractivity contribution in [1.29, 1.82) is 0 Å². The number of hydrogen-bond acceptors (Lipinski definition) is 5. The number of aryl methyl sites for hydroxylation is 1. The number of hydrogen-bond donors (Lipinski definition) is 2. The fourth-order valence-electron chi connectivity index (χ4n) is 1.49. The highest BCUT2D eigenvalue weighted by molar-refractivity contribution is 7.86. The zero-order chi connectivity index (χ0) is 17.3. The molecule has 2 aromatic rings. The van der Waals surface area contributed by atoms with Gasteiger partial charge in [-0.25, -0.2) is 0 Å². The van der Waals surface area contributed by atoms with E-state index >= 15 is 0 Å². The zero-order valence-corrected chi connectivity index (χ0v) is 13.5. The number of rotatable bonds is 5. The number of carboxylic acid groups (broad SMARTS) is 1. The molecule has 0 radical (unpaired) electrons. The molecule has 0 aliphatic carbocycles. The van der Waals surface area contributed by atoms with Crippen LogP contribution in [0.4, 0.5) is 0 Å². The first kappa shape index (κ1) is 18.8. The Morgan fingerprint density at radius 2 is 1.61 bits per heavy atom. The quantitative estimate of drug-likeness (QED) is 0.807. The molecule has 3 N–H and O–H groups in total. The van der Waals surface area contributed by atoms with Gasteiger partial charge in [-0.2, -0.15) is 8.42 Å². The van der Waals surface area contributed by atoms with Crippen LogP contribution in [0.3, 0.4) is 0 Å². The van der Waals surface area contributed by atoms with E-state index in [9.17, 15) is 13.2 Å². The summed E-state index contributed by atoms with van der Waals surface area (Å²) in [5, 5.41) is 7.60. The van der Waals surface area contributed by atoms with E-state index in [1.807, 2.05) is 37.3 Å². The molecule has 7 heteroatoms. The number of aliphatic carboxylic acids is 1. The van der Waals surface area contributed by atoms with Crippen LogP contribution in [0.25, 0.3) is 0 Å². The first-order valence-corrected chi connectivity index (χ1v) is 8.18. The lowest BCUT2D eigenvalue weighted by molar-refractivity contribution is -0.135. The maximum atomic E-state index is 11.9. The average Bonchev–Trinajstić information content (AvgIpc) is 2.55. The van der Waals surface area contributed by atoms with Crippen molar-refractivity contribution in [2.75, 3.05) is 6.54 Å². The van der Waals surface area contributed by atoms with Gasteiger partial charge in [0.2, 0.25) is 0 Å². The van der Waals surface area contributed by atoms with Crippen molar-refractivity contribution in [3.8, 4) is 0 Å². The van der Waals surface area contributed by atoms with Gasteiger partial charge in [0.1, 0.15) is 0 Å². The highest BCUT2D eigenvalue weighted by atomic mass is 32.2. The molecule has 0 aromatic heterocycles. The predicted octanol–water partition coefficient (Wildman–Crippen LogP) is 1.93. The van der Waals surface area contributed by atoms with Crippen LogP contribution in [0, 0.1) is 6.92 Å². The second-order valence-electron chi connectivity index (χ2n) is 4.61. The third-order valence-electron chi connectivity index (χ3n) is 2.71. The van der Waals surface area contributed by atoms with E-state index < -0.39 is 16.1 Å². The summed E-state index contributed by atoms with van der Waals surface area (Å²) in [5.74, 6) is -0.968. The van der Waals surface area contributed by atoms with Gasteiger partial charge in [-0.05, 0) is 24.6 Å². The van der Waals surface area contributed by atoms with Crippen molar-refractivity contribution in [3.05, 3.63) is 65.7 Å². The summed E-state index contributed by atoms with van der Waals surface area (Å²) in [5.41, 5.74) is 6.41. The van der Waals surface area contributed by atoms with Crippen molar-refractivity contribution in [3.63, 3.8) is 0 Å². The number of carbonyl (C=O) groups is 1. The van der Waals surface area contributed by atoms with E-state index in [4.69, 9.17) is 9.29 Å². The van der Waals surface area contributed by atoms with Gasteiger partial charge in [0.25, 0.3) is 10.1 Å². The van der Waals surface area contributed by atoms with Crippen molar-refractivity contribution >= 4 is 16.1 Å². The monoisotopic (exact) mass is 337 g/mol. The Hall–Kier alpha value is -2.22. The van der Waals surface area contributed by atoms with E-state index in [2.05, 4.69) is 5.73 Å². The van der Waals surface area contributed by atoms with Gasteiger partial charge in [0, 0.05) is 0 Å². The Bertz CT molecular complexity index is 712. The first-order chi connectivity index (χ1) is 10.8. The molecule has 0 atom stereocenters. The lowest BCUT2D eigenvalue weighted by Crippen LogP contribution is -2.10. The van der Waals surface area contributed by atoms with Crippen molar-refractivity contribution < 1.29 is 22.5 Å². The van der Waals surface area contributed by atoms with Crippen LogP contribution < -0.4 is 5.73 Å². The number of nitrogens with two attached hydrogens (primary N) is 1.